The number of rotatable bonds is 2. The predicted octanol–water partition coefficient (Wildman–Crippen LogP) is 3.47. The van der Waals surface area contributed by atoms with Crippen LogP contribution in [0.3, 0.4) is 0 Å². The zero-order valence-corrected chi connectivity index (χ0v) is 18.3. The number of hydrogen-bond acceptors (Lipinski definition) is 5. The quantitative estimate of drug-likeness (QED) is 0.818. The Hall–Kier alpha value is -1.57. The minimum atomic E-state index is 0.0502. The molecular formula is C21H32N4O2S. The smallest absolute Gasteiger partial charge is 0.274 e. The topological polar surface area (TPSA) is 59.4 Å². The molecule has 28 heavy (non-hydrogen) atoms. The van der Waals surface area contributed by atoms with Crippen LogP contribution in [-0.2, 0) is 10.5 Å². The molecule has 0 bridgehead atoms. The van der Waals surface area contributed by atoms with Gasteiger partial charge >= 0.3 is 0 Å². The number of amides is 1. The van der Waals surface area contributed by atoms with E-state index in [0.29, 0.717) is 38.0 Å². The molecule has 0 spiro atoms. The molecule has 4 heterocycles. The maximum Gasteiger partial charge on any atom is 0.274 e. The summed E-state index contributed by atoms with van der Waals surface area (Å²) in [6, 6.07) is 0.311. The van der Waals surface area contributed by atoms with Crippen LogP contribution in [0.5, 0.6) is 0 Å². The van der Waals surface area contributed by atoms with Gasteiger partial charge in [0.2, 0.25) is 0 Å². The Bertz CT molecular complexity index is 757. The molecule has 2 saturated heterocycles. The van der Waals surface area contributed by atoms with Crippen molar-refractivity contribution in [2.24, 2.45) is 0 Å². The van der Waals surface area contributed by atoms with Crippen molar-refractivity contribution in [3.63, 3.8) is 0 Å². The summed E-state index contributed by atoms with van der Waals surface area (Å²) in [4.78, 5) is 16.3. The summed E-state index contributed by atoms with van der Waals surface area (Å²) in [6.07, 6.45) is 5.37. The molecule has 1 atom stereocenters. The maximum atomic E-state index is 13.2. The summed E-state index contributed by atoms with van der Waals surface area (Å²) in [5.41, 5.74) is 4.08. The highest BCUT2D eigenvalue weighted by molar-refractivity contribution is 8.03. The molecule has 6 nitrogen and oxygen atoms in total. The minimum absolute atomic E-state index is 0.0502. The van der Waals surface area contributed by atoms with Crippen LogP contribution in [0.2, 0.25) is 0 Å². The van der Waals surface area contributed by atoms with Crippen LogP contribution < -0.4 is 5.32 Å². The predicted molar refractivity (Wildman–Crippen MR) is 116 cm³/mol. The van der Waals surface area contributed by atoms with Crippen LogP contribution in [0.15, 0.2) is 17.1 Å². The average Bonchev–Trinajstić information content (AvgIpc) is 3.42. The van der Waals surface area contributed by atoms with Gasteiger partial charge in [0.05, 0.1) is 24.9 Å². The van der Waals surface area contributed by atoms with Gasteiger partial charge in [-0.05, 0) is 26.8 Å². The van der Waals surface area contributed by atoms with E-state index in [2.05, 4.69) is 36.0 Å². The van der Waals surface area contributed by atoms with E-state index in [9.17, 15) is 4.79 Å². The lowest BCUT2D eigenvalue weighted by Gasteiger charge is -2.26. The van der Waals surface area contributed by atoms with Gasteiger partial charge in [-0.3, -0.25) is 9.48 Å². The van der Waals surface area contributed by atoms with Gasteiger partial charge in [0, 0.05) is 41.4 Å². The van der Waals surface area contributed by atoms with Gasteiger partial charge in [-0.1, -0.05) is 26.0 Å². The van der Waals surface area contributed by atoms with Crippen LogP contribution in [0.25, 0.3) is 5.57 Å². The number of carbonyl (C=O) groups excluding carboxylic acids is 1. The second-order valence-corrected chi connectivity index (χ2v) is 7.83. The highest BCUT2D eigenvalue weighted by Gasteiger charge is 2.34. The summed E-state index contributed by atoms with van der Waals surface area (Å²) < 4.78 is 7.53. The second kappa shape index (κ2) is 9.76. The third-order valence-electron chi connectivity index (χ3n) is 5.33. The molecular weight excluding hydrogens is 372 g/mol. The minimum Gasteiger partial charge on any atom is -0.378 e. The monoisotopic (exact) mass is 404 g/mol. The Morgan fingerprint density at radius 1 is 1.25 bits per heavy atom. The number of nitrogens with one attached hydrogen (secondary N) is 1. The molecule has 2 fully saturated rings. The summed E-state index contributed by atoms with van der Waals surface area (Å²) in [7, 11) is 0. The van der Waals surface area contributed by atoms with Crippen molar-refractivity contribution in [1.29, 1.82) is 0 Å². The van der Waals surface area contributed by atoms with Crippen LogP contribution in [0.1, 0.15) is 61.9 Å². The normalized spacial score (nSPS) is 24.9. The van der Waals surface area contributed by atoms with Gasteiger partial charge in [0.15, 0.2) is 5.69 Å². The van der Waals surface area contributed by atoms with Crippen molar-refractivity contribution in [2.75, 3.05) is 39.4 Å². The van der Waals surface area contributed by atoms with E-state index in [1.807, 2.05) is 18.7 Å². The molecule has 0 radical (unpaired) electrons. The molecule has 1 amide bonds. The summed E-state index contributed by atoms with van der Waals surface area (Å²) >= 11 is 1.80. The first kappa shape index (κ1) is 21.1. The molecule has 1 aromatic rings. The fraction of sp³-hybridized carbons (Fsp3) is 0.619. The summed E-state index contributed by atoms with van der Waals surface area (Å²) in [5, 5.41) is 8.30. The lowest BCUT2D eigenvalue weighted by atomic mass is 10.0. The van der Waals surface area contributed by atoms with Gasteiger partial charge in [-0.15, -0.1) is 11.8 Å². The molecule has 1 N–H and O–H groups in total. The van der Waals surface area contributed by atoms with Crippen LogP contribution in [0, 0.1) is 0 Å². The Morgan fingerprint density at radius 3 is 2.61 bits per heavy atom. The molecule has 7 heteroatoms. The van der Waals surface area contributed by atoms with Crippen LogP contribution >= 0.6 is 11.8 Å². The van der Waals surface area contributed by atoms with E-state index < -0.39 is 0 Å². The average molecular weight is 405 g/mol. The van der Waals surface area contributed by atoms with Gasteiger partial charge in [-0.2, -0.15) is 5.10 Å². The van der Waals surface area contributed by atoms with Crippen LogP contribution in [0.4, 0.5) is 0 Å². The number of ether oxygens (including phenoxy) is 1. The Labute approximate surface area is 172 Å². The van der Waals surface area contributed by atoms with E-state index in [1.54, 1.807) is 11.8 Å². The van der Waals surface area contributed by atoms with E-state index in [1.165, 1.54) is 10.5 Å². The molecule has 0 aromatic carbocycles. The Kier molecular flexibility index (Phi) is 7.37. The third-order valence-corrected chi connectivity index (χ3v) is 6.53. The number of hydrogen-bond donors (Lipinski definition) is 1. The zero-order valence-electron chi connectivity index (χ0n) is 17.5. The van der Waals surface area contributed by atoms with E-state index in [-0.39, 0.29) is 5.91 Å². The van der Waals surface area contributed by atoms with Crippen molar-refractivity contribution in [3.8, 4) is 0 Å². The standard InChI is InChI=1S/C19H26N4O2S.C2H6/c1-3-14-16(4-2)26-12-15-17(19(24)22-7-9-25-10-8-22)21-23(18(14)15)13-5-6-20-11-13;1-2/h3-4,13,20H,5-12H2,1-2H3;1-2H3/b14-3+,16-4+;. The number of carbonyl (C=O) groups is 1. The van der Waals surface area contributed by atoms with Gasteiger partial charge < -0.3 is 15.0 Å². The Balaban J connectivity index is 0.00000109. The number of fused-ring (bicyclic) bond motifs is 1. The highest BCUT2D eigenvalue weighted by Crippen LogP contribution is 2.44. The maximum absolute atomic E-state index is 13.2. The number of allylic oxidation sites excluding steroid dienone is 3. The number of nitrogens with zero attached hydrogens (tertiary/aromatic N) is 3. The molecule has 1 unspecified atom stereocenters. The van der Waals surface area contributed by atoms with E-state index in [0.717, 1.165) is 36.5 Å². The van der Waals surface area contributed by atoms with Crippen molar-refractivity contribution < 1.29 is 9.53 Å². The largest absolute Gasteiger partial charge is 0.378 e. The number of thioether (sulfide) groups is 1. The first-order chi connectivity index (χ1) is 13.7. The first-order valence-corrected chi connectivity index (χ1v) is 11.4. The molecule has 0 aliphatic carbocycles. The molecule has 3 aliphatic heterocycles. The fourth-order valence-electron chi connectivity index (χ4n) is 3.95. The van der Waals surface area contributed by atoms with Crippen molar-refractivity contribution in [2.45, 2.75) is 45.9 Å². The van der Waals surface area contributed by atoms with Gasteiger partial charge in [0.25, 0.3) is 5.91 Å². The van der Waals surface area contributed by atoms with E-state index >= 15 is 0 Å². The molecule has 4 rings (SSSR count). The van der Waals surface area contributed by atoms with Gasteiger partial charge in [-0.25, -0.2) is 0 Å². The first-order valence-electron chi connectivity index (χ1n) is 10.4. The second-order valence-electron chi connectivity index (χ2n) is 6.82. The van der Waals surface area contributed by atoms with E-state index in [4.69, 9.17) is 9.84 Å². The highest BCUT2D eigenvalue weighted by atomic mass is 32.2. The number of morpholine rings is 1. The fourth-order valence-corrected chi connectivity index (χ4v) is 5.06. The van der Waals surface area contributed by atoms with Crippen molar-refractivity contribution in [1.82, 2.24) is 20.0 Å². The summed E-state index contributed by atoms with van der Waals surface area (Å²) in [5.74, 6) is 0.854. The molecule has 154 valence electrons. The lowest BCUT2D eigenvalue weighted by Crippen LogP contribution is -2.41. The van der Waals surface area contributed by atoms with Gasteiger partial charge in [0.1, 0.15) is 0 Å². The lowest BCUT2D eigenvalue weighted by molar-refractivity contribution is 0.0297. The molecule has 3 aliphatic rings. The SMILES string of the molecule is C/C=C1\C(=C/C)SCc2c(C(=O)N3CCOCC3)nn(C3CCNC3)c21.CC. The van der Waals surface area contributed by atoms with Crippen molar-refractivity contribution >= 4 is 23.2 Å². The summed E-state index contributed by atoms with van der Waals surface area (Å²) in [6.45, 7) is 12.6. The number of aromatic nitrogens is 2. The third kappa shape index (κ3) is 3.93. The van der Waals surface area contributed by atoms with Crippen molar-refractivity contribution in [3.05, 3.63) is 34.0 Å². The molecule has 1 aromatic heterocycles. The zero-order chi connectivity index (χ0) is 20.1. The Morgan fingerprint density at radius 2 is 2.00 bits per heavy atom. The molecule has 0 saturated carbocycles. The van der Waals surface area contributed by atoms with Crippen LogP contribution in [-0.4, -0.2) is 60.0 Å².